The van der Waals surface area contributed by atoms with Gasteiger partial charge in [-0.3, -0.25) is 9.80 Å². The lowest BCUT2D eigenvalue weighted by Crippen LogP contribution is -2.58. The zero-order valence-corrected chi connectivity index (χ0v) is 30.7. The van der Waals surface area contributed by atoms with Gasteiger partial charge in [-0.2, -0.15) is 10.2 Å². The largest absolute Gasteiger partial charge is 0.473 e. The monoisotopic (exact) mass is 700 g/mol. The number of likely N-dealkylation sites (tertiary alicyclic amines) is 1. The predicted molar refractivity (Wildman–Crippen MR) is 190 cm³/mol. The molecule has 2 saturated heterocycles. The van der Waals surface area contributed by atoms with Crippen molar-refractivity contribution in [3.8, 4) is 23.5 Å². The number of rotatable bonds is 5. The fourth-order valence-corrected chi connectivity index (χ4v) is 10.3. The number of hydrogen-bond acceptors (Lipinski definition) is 12. The molecule has 0 aromatic carbocycles. The lowest BCUT2D eigenvalue weighted by molar-refractivity contribution is 0.0106. The number of thiophene rings is 1. The van der Waals surface area contributed by atoms with Gasteiger partial charge >= 0.3 is 6.09 Å². The molecule has 3 aromatic rings. The Balaban J connectivity index is 1.17. The Morgan fingerprint density at radius 1 is 1.14 bits per heavy atom. The van der Waals surface area contributed by atoms with Gasteiger partial charge in [-0.25, -0.2) is 9.78 Å². The molecule has 5 heterocycles. The number of fused-ring (bicyclic) bond motifs is 4. The van der Waals surface area contributed by atoms with E-state index in [9.17, 15) is 10.1 Å². The van der Waals surface area contributed by atoms with Crippen molar-refractivity contribution in [2.24, 2.45) is 0 Å². The van der Waals surface area contributed by atoms with E-state index >= 15 is 0 Å². The first-order valence-electron chi connectivity index (χ1n) is 18.2. The number of ether oxygens (including phenoxy) is 2. The number of nitriles is 1. The molecular formula is C37H48N8O4S. The van der Waals surface area contributed by atoms with Gasteiger partial charge in [0.1, 0.15) is 28.6 Å². The summed E-state index contributed by atoms with van der Waals surface area (Å²) in [7, 11) is 2.15. The summed E-state index contributed by atoms with van der Waals surface area (Å²) in [6.07, 6.45) is 9.21. The maximum Gasteiger partial charge on any atom is 0.410 e. The Morgan fingerprint density at radius 3 is 2.62 bits per heavy atom. The number of carbonyl (C=O) groups is 1. The molecule has 2 spiro atoms. The number of nitrogens with zero attached hydrogens (tertiary/aromatic N) is 7. The summed E-state index contributed by atoms with van der Waals surface area (Å²) < 4.78 is 18.7. The molecule has 3 aliphatic carbocycles. The van der Waals surface area contributed by atoms with Crippen LogP contribution in [0.2, 0.25) is 0 Å². The van der Waals surface area contributed by atoms with Crippen LogP contribution in [0, 0.1) is 11.3 Å². The SMILES string of the molecule is C[C@H](Oc1cc(N2CCN(C(=O)OC(C)(C)C)C3(CC3)C2)nc(-c2onc3c2CCC[C@@]32CCCc3sc(N)c(C#N)c32)n1)[C@@H]1CCCN1C. The van der Waals surface area contributed by atoms with E-state index in [2.05, 4.69) is 29.8 Å². The number of likely N-dealkylation sites (N-methyl/N-ethyl adjacent to an activating group) is 1. The predicted octanol–water partition coefficient (Wildman–Crippen LogP) is 6.06. The van der Waals surface area contributed by atoms with Crippen LogP contribution in [-0.2, 0) is 23.0 Å². The molecule has 5 aliphatic rings. The lowest BCUT2D eigenvalue weighted by Gasteiger charge is -2.42. The van der Waals surface area contributed by atoms with Gasteiger partial charge < -0.3 is 24.6 Å². The molecule has 12 nitrogen and oxygen atoms in total. The highest BCUT2D eigenvalue weighted by atomic mass is 32.1. The van der Waals surface area contributed by atoms with Gasteiger partial charge in [-0.1, -0.05) is 5.16 Å². The van der Waals surface area contributed by atoms with Crippen molar-refractivity contribution in [1.29, 1.82) is 5.26 Å². The highest BCUT2D eigenvalue weighted by molar-refractivity contribution is 7.16. The number of piperazine rings is 1. The van der Waals surface area contributed by atoms with Crippen LogP contribution in [0.5, 0.6) is 5.88 Å². The summed E-state index contributed by atoms with van der Waals surface area (Å²) in [5, 5.41) is 15.5. The van der Waals surface area contributed by atoms with Crippen molar-refractivity contribution in [3.63, 3.8) is 0 Å². The van der Waals surface area contributed by atoms with E-state index in [1.807, 2.05) is 31.7 Å². The smallest absolute Gasteiger partial charge is 0.410 e. The molecule has 1 amide bonds. The Hall–Kier alpha value is -3.89. The summed E-state index contributed by atoms with van der Waals surface area (Å²) >= 11 is 1.55. The molecule has 1 saturated carbocycles. The van der Waals surface area contributed by atoms with Gasteiger partial charge in [0.05, 0.1) is 16.8 Å². The van der Waals surface area contributed by atoms with Crippen LogP contribution in [0.4, 0.5) is 15.6 Å². The van der Waals surface area contributed by atoms with Crippen LogP contribution < -0.4 is 15.4 Å². The molecule has 3 atom stereocenters. The molecule has 50 heavy (non-hydrogen) atoms. The van der Waals surface area contributed by atoms with E-state index < -0.39 is 11.0 Å². The van der Waals surface area contributed by atoms with Crippen LogP contribution in [-0.4, -0.2) is 87.5 Å². The maximum atomic E-state index is 13.2. The summed E-state index contributed by atoms with van der Waals surface area (Å²) in [5.74, 6) is 2.28. The third kappa shape index (κ3) is 5.59. The van der Waals surface area contributed by atoms with E-state index in [4.69, 9.17) is 34.9 Å². The van der Waals surface area contributed by atoms with Crippen LogP contribution in [0.1, 0.15) is 106 Å². The zero-order chi connectivity index (χ0) is 35.0. The molecule has 8 rings (SSSR count). The van der Waals surface area contributed by atoms with Crippen molar-refractivity contribution in [1.82, 2.24) is 24.9 Å². The third-order valence-electron chi connectivity index (χ3n) is 11.6. The second kappa shape index (κ2) is 12.1. The first-order chi connectivity index (χ1) is 23.9. The number of aromatic nitrogens is 3. The molecule has 13 heteroatoms. The van der Waals surface area contributed by atoms with E-state index in [0.717, 1.165) is 93.4 Å². The number of amides is 1. The van der Waals surface area contributed by atoms with E-state index in [1.54, 1.807) is 11.3 Å². The Kier molecular flexibility index (Phi) is 8.06. The van der Waals surface area contributed by atoms with Crippen molar-refractivity contribution in [2.75, 3.05) is 43.9 Å². The zero-order valence-electron chi connectivity index (χ0n) is 29.9. The Bertz CT molecular complexity index is 1850. The molecule has 266 valence electrons. The van der Waals surface area contributed by atoms with Gasteiger partial charge in [0.2, 0.25) is 17.5 Å². The van der Waals surface area contributed by atoms with Gasteiger partial charge in [-0.05, 0) is 111 Å². The first-order valence-corrected chi connectivity index (χ1v) is 19.1. The summed E-state index contributed by atoms with van der Waals surface area (Å²) in [4.78, 5) is 31.1. The number of nitrogens with two attached hydrogens (primary N) is 1. The van der Waals surface area contributed by atoms with Gasteiger partial charge in [0, 0.05) is 47.6 Å². The molecule has 3 aromatic heterocycles. The Labute approximate surface area is 297 Å². The number of aryl methyl sites for hydroxylation is 1. The summed E-state index contributed by atoms with van der Waals surface area (Å²) in [6.45, 7) is 10.7. The van der Waals surface area contributed by atoms with Crippen molar-refractivity contribution in [3.05, 3.63) is 33.3 Å². The van der Waals surface area contributed by atoms with Gasteiger partial charge in [0.25, 0.3) is 0 Å². The van der Waals surface area contributed by atoms with Crippen molar-refractivity contribution < 1.29 is 18.8 Å². The molecule has 0 bridgehead atoms. The number of hydrogen-bond donors (Lipinski definition) is 1. The minimum atomic E-state index is -0.553. The minimum Gasteiger partial charge on any atom is -0.473 e. The Morgan fingerprint density at radius 2 is 1.92 bits per heavy atom. The van der Waals surface area contributed by atoms with E-state index in [-0.39, 0.29) is 17.7 Å². The van der Waals surface area contributed by atoms with Crippen LogP contribution >= 0.6 is 11.3 Å². The second-order valence-electron chi connectivity index (χ2n) is 16.1. The standard InChI is InChI=1S/C37H48N8O4S/c1-22(25-10-8-16-43(25)5)47-28-19-27(44-17-18-45(36(21-44)14-15-36)34(46)48-35(2,3)4)40-33(41-28)30-23-9-6-12-37(31(23)42-49-30)13-7-11-26-29(37)24(20-38)32(39)50-26/h19,22,25H,6-18,21,39H2,1-5H3/t22-,25-,37-/m0/s1. The minimum absolute atomic E-state index is 0.0714. The van der Waals surface area contributed by atoms with Crippen LogP contribution in [0.3, 0.4) is 0 Å². The van der Waals surface area contributed by atoms with E-state index in [1.165, 1.54) is 4.88 Å². The fourth-order valence-electron chi connectivity index (χ4n) is 9.11. The molecular weight excluding hydrogens is 653 g/mol. The molecule has 0 radical (unpaired) electrons. The quantitative estimate of drug-likeness (QED) is 0.332. The normalized spacial score (nSPS) is 24.9. The van der Waals surface area contributed by atoms with Crippen molar-refractivity contribution >= 4 is 28.2 Å². The first kappa shape index (κ1) is 33.3. The highest BCUT2D eigenvalue weighted by Crippen LogP contribution is 2.55. The molecule has 2 N–H and O–H groups in total. The van der Waals surface area contributed by atoms with E-state index in [0.29, 0.717) is 53.7 Å². The fraction of sp³-hybridized carbons (Fsp3) is 0.649. The number of carbonyl (C=O) groups excluding carboxylic acids is 1. The topological polar surface area (TPSA) is 147 Å². The van der Waals surface area contributed by atoms with Gasteiger partial charge in [-0.15, -0.1) is 11.3 Å². The number of nitrogen functional groups attached to an aromatic ring is 1. The lowest BCUT2D eigenvalue weighted by atomic mass is 9.62. The molecule has 3 fully saturated rings. The number of anilines is 2. The summed E-state index contributed by atoms with van der Waals surface area (Å²) in [5.41, 5.74) is 8.72. The van der Waals surface area contributed by atoms with Crippen LogP contribution in [0.25, 0.3) is 11.6 Å². The summed E-state index contributed by atoms with van der Waals surface area (Å²) in [6, 6.07) is 4.66. The average Bonchev–Trinajstić information content (AvgIpc) is 3.37. The average molecular weight is 701 g/mol. The van der Waals surface area contributed by atoms with Gasteiger partial charge in [0.15, 0.2) is 0 Å². The molecule has 0 unspecified atom stereocenters. The van der Waals surface area contributed by atoms with Crippen molar-refractivity contribution in [2.45, 2.75) is 121 Å². The molecule has 2 aliphatic heterocycles. The maximum absolute atomic E-state index is 13.2. The highest BCUT2D eigenvalue weighted by Gasteiger charge is 2.55. The third-order valence-corrected chi connectivity index (χ3v) is 12.7. The second-order valence-corrected chi connectivity index (χ2v) is 17.2. The van der Waals surface area contributed by atoms with Crippen LogP contribution in [0.15, 0.2) is 10.6 Å².